The molecule has 0 saturated heterocycles. The molecular weight excluding hydrogens is 283 g/mol. The van der Waals surface area contributed by atoms with Gasteiger partial charge in [0.1, 0.15) is 5.75 Å². The van der Waals surface area contributed by atoms with Crippen molar-refractivity contribution in [2.45, 2.75) is 18.7 Å². The van der Waals surface area contributed by atoms with Gasteiger partial charge in [0.15, 0.2) is 0 Å². The fourth-order valence-electron chi connectivity index (χ4n) is 1.91. The van der Waals surface area contributed by atoms with E-state index in [1.54, 1.807) is 36.0 Å². The normalized spacial score (nSPS) is 10.5. The Morgan fingerprint density at radius 3 is 2.43 bits per heavy atom. The Labute approximate surface area is 130 Å². The van der Waals surface area contributed by atoms with E-state index in [0.717, 1.165) is 11.5 Å². The lowest BCUT2D eigenvalue weighted by atomic mass is 9.80. The predicted molar refractivity (Wildman–Crippen MR) is 88.4 cm³/mol. The third-order valence-corrected chi connectivity index (χ3v) is 4.25. The quantitative estimate of drug-likeness (QED) is 0.488. The van der Waals surface area contributed by atoms with Crippen LogP contribution in [0.3, 0.4) is 0 Å². The van der Waals surface area contributed by atoms with E-state index < -0.39 is 7.12 Å². The van der Waals surface area contributed by atoms with E-state index in [1.165, 1.54) is 16.0 Å². The van der Waals surface area contributed by atoms with Crippen molar-refractivity contribution in [3.8, 4) is 5.75 Å². The Bertz CT molecular complexity index is 585. The maximum Gasteiger partial charge on any atom is 0.488 e. The van der Waals surface area contributed by atoms with Crippen molar-refractivity contribution in [2.75, 3.05) is 12.4 Å². The molecule has 0 fully saturated rings. The number of rotatable bonds is 6. The summed E-state index contributed by atoms with van der Waals surface area (Å²) in [4.78, 5) is 1.29. The van der Waals surface area contributed by atoms with Crippen molar-refractivity contribution in [1.82, 2.24) is 0 Å². The van der Waals surface area contributed by atoms with E-state index >= 15 is 0 Å². The molecule has 0 unspecified atom stereocenters. The second-order valence-electron chi connectivity index (χ2n) is 4.91. The SMILES string of the molecule is Cc1ccc(C)c(SCCOc2ccc(B(O)O)cc2)c1. The minimum atomic E-state index is -1.43. The zero-order valence-corrected chi connectivity index (χ0v) is 13.1. The molecule has 0 heterocycles. The summed E-state index contributed by atoms with van der Waals surface area (Å²) in [6.07, 6.45) is 0. The minimum Gasteiger partial charge on any atom is -0.493 e. The molecule has 0 saturated carbocycles. The van der Waals surface area contributed by atoms with Crippen LogP contribution in [0.25, 0.3) is 0 Å². The summed E-state index contributed by atoms with van der Waals surface area (Å²) in [7, 11) is -1.43. The summed E-state index contributed by atoms with van der Waals surface area (Å²) in [5.41, 5.74) is 3.01. The fourth-order valence-corrected chi connectivity index (χ4v) is 2.86. The van der Waals surface area contributed by atoms with Crippen LogP contribution in [0, 0.1) is 13.8 Å². The molecule has 0 atom stereocenters. The van der Waals surface area contributed by atoms with Crippen molar-refractivity contribution >= 4 is 24.3 Å². The van der Waals surface area contributed by atoms with Gasteiger partial charge in [-0.3, -0.25) is 0 Å². The Morgan fingerprint density at radius 2 is 1.76 bits per heavy atom. The molecule has 0 spiro atoms. The van der Waals surface area contributed by atoms with Gasteiger partial charge in [0.2, 0.25) is 0 Å². The van der Waals surface area contributed by atoms with E-state index in [9.17, 15) is 0 Å². The van der Waals surface area contributed by atoms with Gasteiger partial charge in [0, 0.05) is 10.6 Å². The van der Waals surface area contributed by atoms with Gasteiger partial charge in [0.25, 0.3) is 0 Å². The van der Waals surface area contributed by atoms with Gasteiger partial charge in [-0.15, -0.1) is 11.8 Å². The molecule has 2 N–H and O–H groups in total. The number of aryl methyl sites for hydroxylation is 2. The Morgan fingerprint density at radius 1 is 1.05 bits per heavy atom. The van der Waals surface area contributed by atoms with Gasteiger partial charge in [-0.1, -0.05) is 29.8 Å². The standard InChI is InChI=1S/C16H19BO3S/c1-12-3-4-13(2)16(11-12)21-10-9-20-15-7-5-14(6-8-15)17(18)19/h3-8,11,18-19H,9-10H2,1-2H3. The first-order valence-electron chi connectivity index (χ1n) is 6.85. The Balaban J connectivity index is 1.80. The van der Waals surface area contributed by atoms with E-state index in [2.05, 4.69) is 32.0 Å². The number of hydrogen-bond donors (Lipinski definition) is 2. The van der Waals surface area contributed by atoms with Crippen LogP contribution in [0.5, 0.6) is 5.75 Å². The van der Waals surface area contributed by atoms with E-state index in [1.807, 2.05) is 0 Å². The highest BCUT2D eigenvalue weighted by molar-refractivity contribution is 7.99. The highest BCUT2D eigenvalue weighted by atomic mass is 32.2. The van der Waals surface area contributed by atoms with Gasteiger partial charge >= 0.3 is 7.12 Å². The van der Waals surface area contributed by atoms with Gasteiger partial charge in [0.05, 0.1) is 6.61 Å². The first-order valence-corrected chi connectivity index (χ1v) is 7.84. The lowest BCUT2D eigenvalue weighted by Crippen LogP contribution is -2.29. The summed E-state index contributed by atoms with van der Waals surface area (Å²) in [5, 5.41) is 18.0. The first-order chi connectivity index (χ1) is 10.1. The van der Waals surface area contributed by atoms with Crippen LogP contribution >= 0.6 is 11.8 Å². The van der Waals surface area contributed by atoms with Crippen molar-refractivity contribution in [2.24, 2.45) is 0 Å². The van der Waals surface area contributed by atoms with Gasteiger partial charge in [-0.2, -0.15) is 0 Å². The lowest BCUT2D eigenvalue weighted by Gasteiger charge is -2.09. The molecule has 0 aliphatic heterocycles. The summed E-state index contributed by atoms with van der Waals surface area (Å²) in [6.45, 7) is 4.82. The van der Waals surface area contributed by atoms with Gasteiger partial charge in [-0.05, 0) is 43.1 Å². The lowest BCUT2D eigenvalue weighted by molar-refractivity contribution is 0.344. The van der Waals surface area contributed by atoms with Crippen LogP contribution in [-0.2, 0) is 0 Å². The van der Waals surface area contributed by atoms with Crippen LogP contribution < -0.4 is 10.2 Å². The fraction of sp³-hybridized carbons (Fsp3) is 0.250. The summed E-state index contributed by atoms with van der Waals surface area (Å²) < 4.78 is 5.65. The maximum atomic E-state index is 9.01. The molecule has 2 aromatic carbocycles. The van der Waals surface area contributed by atoms with Crippen LogP contribution in [0.2, 0.25) is 0 Å². The van der Waals surface area contributed by atoms with E-state index in [4.69, 9.17) is 14.8 Å². The average Bonchev–Trinajstić information content (AvgIpc) is 2.47. The molecule has 2 aromatic rings. The zero-order valence-electron chi connectivity index (χ0n) is 12.2. The molecule has 0 aliphatic carbocycles. The van der Waals surface area contributed by atoms with Crippen LogP contribution in [0.1, 0.15) is 11.1 Å². The third kappa shape index (κ3) is 4.81. The molecule has 3 nitrogen and oxygen atoms in total. The summed E-state index contributed by atoms with van der Waals surface area (Å²) >= 11 is 1.78. The molecule has 0 bridgehead atoms. The number of thioether (sulfide) groups is 1. The van der Waals surface area contributed by atoms with Gasteiger partial charge < -0.3 is 14.8 Å². The molecule has 21 heavy (non-hydrogen) atoms. The van der Waals surface area contributed by atoms with Crippen molar-refractivity contribution in [3.05, 3.63) is 53.6 Å². The molecule has 5 heteroatoms. The predicted octanol–water partition coefficient (Wildman–Crippen LogP) is 2.15. The van der Waals surface area contributed by atoms with Crippen LogP contribution in [-0.4, -0.2) is 29.5 Å². The van der Waals surface area contributed by atoms with Crippen LogP contribution in [0.4, 0.5) is 0 Å². The van der Waals surface area contributed by atoms with E-state index in [0.29, 0.717) is 12.1 Å². The van der Waals surface area contributed by atoms with Crippen LogP contribution in [0.15, 0.2) is 47.4 Å². The summed E-state index contributed by atoms with van der Waals surface area (Å²) in [6, 6.07) is 13.2. The number of ether oxygens (including phenoxy) is 1. The molecule has 110 valence electrons. The summed E-state index contributed by atoms with van der Waals surface area (Å²) in [5.74, 6) is 1.61. The molecule has 0 aromatic heterocycles. The molecule has 0 aliphatic rings. The third-order valence-electron chi connectivity index (χ3n) is 3.13. The number of hydrogen-bond acceptors (Lipinski definition) is 4. The monoisotopic (exact) mass is 302 g/mol. The van der Waals surface area contributed by atoms with Crippen molar-refractivity contribution in [3.63, 3.8) is 0 Å². The molecular formula is C16H19BO3S. The highest BCUT2D eigenvalue weighted by Gasteiger charge is 2.09. The zero-order chi connectivity index (χ0) is 15.2. The minimum absolute atomic E-state index is 0.465. The molecule has 0 radical (unpaired) electrons. The van der Waals surface area contributed by atoms with Crippen molar-refractivity contribution in [1.29, 1.82) is 0 Å². The van der Waals surface area contributed by atoms with Gasteiger partial charge in [-0.25, -0.2) is 0 Å². The number of benzene rings is 2. The molecule has 0 amide bonds. The smallest absolute Gasteiger partial charge is 0.488 e. The Kier molecular flexibility index (Phi) is 5.73. The van der Waals surface area contributed by atoms with Crippen molar-refractivity contribution < 1.29 is 14.8 Å². The highest BCUT2D eigenvalue weighted by Crippen LogP contribution is 2.23. The van der Waals surface area contributed by atoms with E-state index in [-0.39, 0.29) is 0 Å². The maximum absolute atomic E-state index is 9.01. The Hall–Kier alpha value is -1.43. The average molecular weight is 302 g/mol. The topological polar surface area (TPSA) is 49.7 Å². The first kappa shape index (κ1) is 16.0. The largest absolute Gasteiger partial charge is 0.493 e. The second kappa shape index (κ2) is 7.55. The molecule has 2 rings (SSSR count). The second-order valence-corrected chi connectivity index (χ2v) is 6.05.